The van der Waals surface area contributed by atoms with E-state index < -0.39 is 0 Å². The Bertz CT molecular complexity index is 661. The van der Waals surface area contributed by atoms with Crippen LogP contribution >= 0.6 is 11.8 Å². The van der Waals surface area contributed by atoms with E-state index in [-0.39, 0.29) is 0 Å². The second-order valence-electron chi connectivity index (χ2n) is 4.15. The third-order valence-electron chi connectivity index (χ3n) is 2.86. The first-order valence-corrected chi connectivity index (χ1v) is 7.05. The first-order chi connectivity index (χ1) is 8.85. The molecule has 3 aromatic rings. The summed E-state index contributed by atoms with van der Waals surface area (Å²) in [7, 11) is 0. The van der Waals surface area contributed by atoms with E-state index in [0.717, 1.165) is 22.7 Å². The molecule has 3 rings (SSSR count). The Hall–Kier alpha value is -1.74. The normalized spacial score (nSPS) is 10.9. The molecular weight excluding hydrogens is 242 g/mol. The SMILES string of the molecule is CSc1nc2ccc(Cc3ccccc3)cc2o1. The summed E-state index contributed by atoms with van der Waals surface area (Å²) in [5.74, 6) is 0. The molecule has 0 saturated carbocycles. The van der Waals surface area contributed by atoms with Crippen molar-refractivity contribution < 1.29 is 4.42 Å². The zero-order chi connectivity index (χ0) is 12.4. The molecule has 90 valence electrons. The van der Waals surface area contributed by atoms with Gasteiger partial charge in [0.15, 0.2) is 5.58 Å². The molecule has 0 aliphatic rings. The molecule has 0 atom stereocenters. The quantitative estimate of drug-likeness (QED) is 0.658. The zero-order valence-electron chi connectivity index (χ0n) is 10.1. The van der Waals surface area contributed by atoms with Crippen molar-refractivity contribution in [3.8, 4) is 0 Å². The summed E-state index contributed by atoms with van der Waals surface area (Å²) in [6, 6.07) is 16.7. The molecule has 0 spiro atoms. The number of hydrogen-bond acceptors (Lipinski definition) is 3. The molecule has 2 aromatic carbocycles. The van der Waals surface area contributed by atoms with E-state index in [1.165, 1.54) is 22.9 Å². The Morgan fingerprint density at radius 2 is 1.89 bits per heavy atom. The lowest BCUT2D eigenvalue weighted by Gasteiger charge is -2.00. The predicted octanol–water partition coefficient (Wildman–Crippen LogP) is 4.14. The number of hydrogen-bond donors (Lipinski definition) is 0. The highest BCUT2D eigenvalue weighted by molar-refractivity contribution is 7.98. The van der Waals surface area contributed by atoms with Crippen LogP contribution in [0, 0.1) is 0 Å². The van der Waals surface area contributed by atoms with Gasteiger partial charge in [0.2, 0.25) is 0 Å². The van der Waals surface area contributed by atoms with E-state index in [0.29, 0.717) is 0 Å². The molecule has 1 aromatic heterocycles. The Kier molecular flexibility index (Phi) is 3.07. The highest BCUT2D eigenvalue weighted by Gasteiger charge is 2.05. The molecule has 0 amide bonds. The number of benzene rings is 2. The lowest BCUT2D eigenvalue weighted by atomic mass is 10.1. The summed E-state index contributed by atoms with van der Waals surface area (Å²) in [5.41, 5.74) is 4.35. The van der Waals surface area contributed by atoms with Gasteiger partial charge in [-0.25, -0.2) is 4.98 Å². The fourth-order valence-electron chi connectivity index (χ4n) is 1.98. The van der Waals surface area contributed by atoms with E-state index in [9.17, 15) is 0 Å². The van der Waals surface area contributed by atoms with Crippen LogP contribution in [0.5, 0.6) is 0 Å². The summed E-state index contributed by atoms with van der Waals surface area (Å²) in [6.45, 7) is 0. The molecule has 0 saturated heterocycles. The predicted molar refractivity (Wildman–Crippen MR) is 75.0 cm³/mol. The summed E-state index contributed by atoms with van der Waals surface area (Å²) in [5, 5.41) is 0.724. The first kappa shape index (κ1) is 11.4. The van der Waals surface area contributed by atoms with Crippen molar-refractivity contribution in [3.63, 3.8) is 0 Å². The van der Waals surface area contributed by atoms with Gasteiger partial charge in [0.1, 0.15) is 5.52 Å². The van der Waals surface area contributed by atoms with E-state index in [1.807, 2.05) is 18.4 Å². The average molecular weight is 255 g/mol. The van der Waals surface area contributed by atoms with Gasteiger partial charge < -0.3 is 4.42 Å². The van der Waals surface area contributed by atoms with E-state index in [2.05, 4.69) is 41.4 Å². The number of oxazole rings is 1. The first-order valence-electron chi connectivity index (χ1n) is 5.82. The number of fused-ring (bicyclic) bond motifs is 1. The minimum absolute atomic E-state index is 0.724. The second-order valence-corrected chi connectivity index (χ2v) is 4.91. The van der Waals surface area contributed by atoms with Gasteiger partial charge in [0, 0.05) is 0 Å². The van der Waals surface area contributed by atoms with Crippen LogP contribution in [0.3, 0.4) is 0 Å². The molecule has 18 heavy (non-hydrogen) atoms. The molecule has 1 heterocycles. The molecular formula is C15H13NOS. The molecule has 0 unspecified atom stereocenters. The standard InChI is InChI=1S/C15H13NOS/c1-18-15-16-13-8-7-12(10-14(13)17-15)9-11-5-3-2-4-6-11/h2-8,10H,9H2,1H3. The lowest BCUT2D eigenvalue weighted by Crippen LogP contribution is -1.86. The molecule has 0 aliphatic carbocycles. The maximum Gasteiger partial charge on any atom is 0.256 e. The second kappa shape index (κ2) is 4.86. The summed E-state index contributed by atoms with van der Waals surface area (Å²) in [6.07, 6.45) is 2.89. The van der Waals surface area contributed by atoms with Crippen LogP contribution in [-0.4, -0.2) is 11.2 Å². The Morgan fingerprint density at radius 3 is 2.67 bits per heavy atom. The third kappa shape index (κ3) is 2.27. The smallest absolute Gasteiger partial charge is 0.256 e. The number of nitrogens with zero attached hydrogens (tertiary/aromatic N) is 1. The third-order valence-corrected chi connectivity index (χ3v) is 3.38. The summed E-state index contributed by atoms with van der Waals surface area (Å²) < 4.78 is 5.65. The van der Waals surface area contributed by atoms with Crippen molar-refractivity contribution in [2.24, 2.45) is 0 Å². The van der Waals surface area contributed by atoms with Gasteiger partial charge in [-0.3, -0.25) is 0 Å². The molecule has 0 bridgehead atoms. The number of rotatable bonds is 3. The van der Waals surface area contributed by atoms with Gasteiger partial charge in [-0.2, -0.15) is 0 Å². The van der Waals surface area contributed by atoms with Crippen molar-refractivity contribution in [1.29, 1.82) is 0 Å². The van der Waals surface area contributed by atoms with Crippen LogP contribution in [0.15, 0.2) is 58.2 Å². The van der Waals surface area contributed by atoms with Crippen LogP contribution in [0.4, 0.5) is 0 Å². The fourth-order valence-corrected chi connectivity index (χ4v) is 2.34. The van der Waals surface area contributed by atoms with Crippen molar-refractivity contribution in [2.75, 3.05) is 6.26 Å². The van der Waals surface area contributed by atoms with Gasteiger partial charge in [0.05, 0.1) is 0 Å². The van der Waals surface area contributed by atoms with Crippen molar-refractivity contribution >= 4 is 22.9 Å². The van der Waals surface area contributed by atoms with Gasteiger partial charge >= 0.3 is 0 Å². The van der Waals surface area contributed by atoms with Gasteiger partial charge in [-0.1, -0.05) is 48.2 Å². The van der Waals surface area contributed by atoms with Gasteiger partial charge in [0.25, 0.3) is 5.22 Å². The highest BCUT2D eigenvalue weighted by Crippen LogP contribution is 2.23. The lowest BCUT2D eigenvalue weighted by molar-refractivity contribution is 0.490. The van der Waals surface area contributed by atoms with E-state index in [4.69, 9.17) is 4.42 Å². The minimum atomic E-state index is 0.724. The van der Waals surface area contributed by atoms with Crippen LogP contribution in [0.25, 0.3) is 11.1 Å². The topological polar surface area (TPSA) is 26.0 Å². The molecule has 0 fully saturated rings. The fraction of sp³-hybridized carbons (Fsp3) is 0.133. The van der Waals surface area contributed by atoms with Crippen LogP contribution in [0.1, 0.15) is 11.1 Å². The van der Waals surface area contributed by atoms with Crippen LogP contribution in [0.2, 0.25) is 0 Å². The van der Waals surface area contributed by atoms with Crippen LogP contribution < -0.4 is 0 Å². The van der Waals surface area contributed by atoms with Crippen LogP contribution in [-0.2, 0) is 6.42 Å². The van der Waals surface area contributed by atoms with Gasteiger partial charge in [-0.15, -0.1) is 0 Å². The van der Waals surface area contributed by atoms with E-state index >= 15 is 0 Å². The maximum absolute atomic E-state index is 5.65. The highest BCUT2D eigenvalue weighted by atomic mass is 32.2. The maximum atomic E-state index is 5.65. The molecule has 0 radical (unpaired) electrons. The Balaban J connectivity index is 1.93. The van der Waals surface area contributed by atoms with E-state index in [1.54, 1.807) is 0 Å². The minimum Gasteiger partial charge on any atom is -0.431 e. The average Bonchev–Trinajstić information content (AvgIpc) is 2.82. The van der Waals surface area contributed by atoms with Crippen molar-refractivity contribution in [1.82, 2.24) is 4.98 Å². The largest absolute Gasteiger partial charge is 0.431 e. The zero-order valence-corrected chi connectivity index (χ0v) is 10.9. The Labute approximate surface area is 110 Å². The summed E-state index contributed by atoms with van der Waals surface area (Å²) >= 11 is 1.53. The number of thioether (sulfide) groups is 1. The summed E-state index contributed by atoms with van der Waals surface area (Å²) in [4.78, 5) is 4.38. The van der Waals surface area contributed by atoms with Gasteiger partial charge in [-0.05, 0) is 35.9 Å². The Morgan fingerprint density at radius 1 is 1.06 bits per heavy atom. The van der Waals surface area contributed by atoms with Crippen molar-refractivity contribution in [3.05, 3.63) is 59.7 Å². The molecule has 0 aliphatic heterocycles. The van der Waals surface area contributed by atoms with Crippen molar-refractivity contribution in [2.45, 2.75) is 11.6 Å². The molecule has 0 N–H and O–H groups in total. The monoisotopic (exact) mass is 255 g/mol. The molecule has 3 heteroatoms. The number of aromatic nitrogens is 1. The molecule has 2 nitrogen and oxygen atoms in total.